The first-order valence-corrected chi connectivity index (χ1v) is 4.87. The molecule has 0 aliphatic rings. The maximum absolute atomic E-state index is 5.56. The number of imidazole rings is 1. The van der Waals surface area contributed by atoms with Crippen molar-refractivity contribution < 1.29 is 0 Å². The van der Waals surface area contributed by atoms with E-state index in [1.807, 2.05) is 12.1 Å². The normalized spacial score (nSPS) is 11.0. The van der Waals surface area contributed by atoms with Crippen LogP contribution in [0, 0.1) is 0 Å². The fraction of sp³-hybridized carbons (Fsp3) is 0.400. The van der Waals surface area contributed by atoms with Gasteiger partial charge in [-0.05, 0) is 12.1 Å². The number of pyridine rings is 1. The second-order valence-corrected chi connectivity index (χ2v) is 3.17. The molecule has 4 nitrogen and oxygen atoms in total. The topological polar surface area (TPSA) is 56.7 Å². The highest BCUT2D eigenvalue weighted by molar-refractivity contribution is 5.71. The first-order valence-electron chi connectivity index (χ1n) is 4.87. The van der Waals surface area contributed by atoms with Crippen LogP contribution < -0.4 is 5.73 Å². The average molecular weight is 190 g/mol. The van der Waals surface area contributed by atoms with Crippen LogP contribution in [0.2, 0.25) is 0 Å². The summed E-state index contributed by atoms with van der Waals surface area (Å²) in [7, 11) is 0. The van der Waals surface area contributed by atoms with Gasteiger partial charge < -0.3 is 10.3 Å². The highest BCUT2D eigenvalue weighted by Crippen LogP contribution is 2.13. The molecule has 0 unspecified atom stereocenters. The molecule has 0 aliphatic carbocycles. The van der Waals surface area contributed by atoms with Gasteiger partial charge in [-0.15, -0.1) is 0 Å². The van der Waals surface area contributed by atoms with Crippen LogP contribution in [0.4, 0.5) is 0 Å². The minimum atomic E-state index is 0.620. The van der Waals surface area contributed by atoms with Crippen molar-refractivity contribution >= 4 is 11.2 Å². The first-order chi connectivity index (χ1) is 6.86. The fourth-order valence-corrected chi connectivity index (χ4v) is 1.64. The van der Waals surface area contributed by atoms with Gasteiger partial charge in [-0.2, -0.15) is 0 Å². The second kappa shape index (κ2) is 3.75. The standard InChI is InChI=1S/C10H14N4/c1-2-9-13-8-4-3-6-12-10(8)14(9)7-5-11/h3-4,6H,2,5,7,11H2,1H3. The Balaban J connectivity index is 2.61. The molecule has 0 atom stereocenters. The van der Waals surface area contributed by atoms with Crippen LogP contribution in [-0.4, -0.2) is 21.1 Å². The van der Waals surface area contributed by atoms with Gasteiger partial charge >= 0.3 is 0 Å². The zero-order valence-electron chi connectivity index (χ0n) is 8.27. The Morgan fingerprint density at radius 3 is 3.07 bits per heavy atom. The van der Waals surface area contributed by atoms with Gasteiger partial charge in [0.25, 0.3) is 0 Å². The second-order valence-electron chi connectivity index (χ2n) is 3.17. The third kappa shape index (κ3) is 1.37. The Bertz CT molecular complexity index is 433. The van der Waals surface area contributed by atoms with E-state index < -0.39 is 0 Å². The molecule has 74 valence electrons. The van der Waals surface area contributed by atoms with Gasteiger partial charge in [0.05, 0.1) is 0 Å². The number of hydrogen-bond donors (Lipinski definition) is 1. The molecule has 2 aromatic rings. The van der Waals surface area contributed by atoms with Crippen molar-refractivity contribution in [1.29, 1.82) is 0 Å². The Kier molecular flexibility index (Phi) is 2.45. The van der Waals surface area contributed by atoms with E-state index in [4.69, 9.17) is 5.73 Å². The van der Waals surface area contributed by atoms with Crippen molar-refractivity contribution in [2.24, 2.45) is 5.73 Å². The molecule has 0 aromatic carbocycles. The maximum Gasteiger partial charge on any atom is 0.160 e. The van der Waals surface area contributed by atoms with E-state index in [0.717, 1.165) is 30.0 Å². The van der Waals surface area contributed by atoms with Crippen LogP contribution in [0.25, 0.3) is 11.2 Å². The predicted octanol–water partition coefficient (Wildman–Crippen LogP) is 0.952. The molecule has 2 aromatic heterocycles. The van der Waals surface area contributed by atoms with E-state index in [1.54, 1.807) is 6.20 Å². The Morgan fingerprint density at radius 2 is 2.36 bits per heavy atom. The monoisotopic (exact) mass is 190 g/mol. The largest absolute Gasteiger partial charge is 0.329 e. The summed E-state index contributed by atoms with van der Waals surface area (Å²) < 4.78 is 2.09. The van der Waals surface area contributed by atoms with Crippen LogP contribution in [0.5, 0.6) is 0 Å². The minimum absolute atomic E-state index is 0.620. The number of rotatable bonds is 3. The highest BCUT2D eigenvalue weighted by atomic mass is 15.1. The van der Waals surface area contributed by atoms with Crippen LogP contribution in [0.3, 0.4) is 0 Å². The predicted molar refractivity (Wildman–Crippen MR) is 56.0 cm³/mol. The van der Waals surface area contributed by atoms with Crippen molar-refractivity contribution in [3.63, 3.8) is 0 Å². The Hall–Kier alpha value is -1.42. The van der Waals surface area contributed by atoms with Gasteiger partial charge in [0.2, 0.25) is 0 Å². The van der Waals surface area contributed by atoms with Crippen molar-refractivity contribution in [2.45, 2.75) is 19.9 Å². The molecular weight excluding hydrogens is 176 g/mol. The number of hydrogen-bond acceptors (Lipinski definition) is 3. The first kappa shape index (κ1) is 9.15. The summed E-state index contributed by atoms with van der Waals surface area (Å²) in [5, 5.41) is 0. The molecule has 2 rings (SSSR count). The van der Waals surface area contributed by atoms with Crippen molar-refractivity contribution in [2.75, 3.05) is 6.54 Å². The fourth-order valence-electron chi connectivity index (χ4n) is 1.64. The van der Waals surface area contributed by atoms with E-state index in [0.29, 0.717) is 6.54 Å². The molecular formula is C10H14N4. The number of fused-ring (bicyclic) bond motifs is 1. The number of aryl methyl sites for hydroxylation is 1. The number of aromatic nitrogens is 3. The average Bonchev–Trinajstić information content (AvgIpc) is 2.58. The van der Waals surface area contributed by atoms with E-state index in [9.17, 15) is 0 Å². The van der Waals surface area contributed by atoms with Crippen LogP contribution in [0.15, 0.2) is 18.3 Å². The van der Waals surface area contributed by atoms with Gasteiger partial charge in [0, 0.05) is 25.7 Å². The molecule has 0 spiro atoms. The Morgan fingerprint density at radius 1 is 1.50 bits per heavy atom. The maximum atomic E-state index is 5.56. The summed E-state index contributed by atoms with van der Waals surface area (Å²) >= 11 is 0. The summed E-state index contributed by atoms with van der Waals surface area (Å²) in [6, 6.07) is 3.88. The summed E-state index contributed by atoms with van der Waals surface area (Å²) in [4.78, 5) is 8.81. The molecule has 0 amide bonds. The molecule has 0 radical (unpaired) electrons. The lowest BCUT2D eigenvalue weighted by atomic mass is 10.4. The third-order valence-corrected chi connectivity index (χ3v) is 2.25. The molecule has 2 N–H and O–H groups in total. The molecule has 4 heteroatoms. The van der Waals surface area contributed by atoms with E-state index in [1.165, 1.54) is 0 Å². The third-order valence-electron chi connectivity index (χ3n) is 2.25. The smallest absolute Gasteiger partial charge is 0.160 e. The van der Waals surface area contributed by atoms with Gasteiger partial charge in [0.1, 0.15) is 11.3 Å². The summed E-state index contributed by atoms with van der Waals surface area (Å²) in [5.41, 5.74) is 7.45. The quantitative estimate of drug-likeness (QED) is 0.784. The number of nitrogens with two attached hydrogens (primary N) is 1. The Labute approximate surface area is 82.8 Å². The minimum Gasteiger partial charge on any atom is -0.329 e. The molecule has 0 saturated carbocycles. The lowest BCUT2D eigenvalue weighted by Crippen LogP contribution is -2.12. The van der Waals surface area contributed by atoms with Crippen LogP contribution >= 0.6 is 0 Å². The van der Waals surface area contributed by atoms with Gasteiger partial charge in [-0.3, -0.25) is 0 Å². The van der Waals surface area contributed by atoms with E-state index >= 15 is 0 Å². The summed E-state index contributed by atoms with van der Waals surface area (Å²) in [5.74, 6) is 1.06. The van der Waals surface area contributed by atoms with Crippen molar-refractivity contribution in [3.05, 3.63) is 24.2 Å². The van der Waals surface area contributed by atoms with E-state index in [-0.39, 0.29) is 0 Å². The molecule has 0 fully saturated rings. The molecule has 0 bridgehead atoms. The van der Waals surface area contributed by atoms with Crippen molar-refractivity contribution in [1.82, 2.24) is 14.5 Å². The van der Waals surface area contributed by atoms with Crippen LogP contribution in [0.1, 0.15) is 12.7 Å². The lowest BCUT2D eigenvalue weighted by molar-refractivity contribution is 0.679. The molecule has 0 aliphatic heterocycles. The zero-order chi connectivity index (χ0) is 9.97. The van der Waals surface area contributed by atoms with E-state index in [2.05, 4.69) is 21.5 Å². The lowest BCUT2D eigenvalue weighted by Gasteiger charge is -2.04. The number of nitrogens with zero attached hydrogens (tertiary/aromatic N) is 3. The molecule has 2 heterocycles. The van der Waals surface area contributed by atoms with Crippen LogP contribution in [-0.2, 0) is 13.0 Å². The van der Waals surface area contributed by atoms with Gasteiger partial charge in [-0.25, -0.2) is 9.97 Å². The zero-order valence-corrected chi connectivity index (χ0v) is 8.27. The van der Waals surface area contributed by atoms with Gasteiger partial charge in [-0.1, -0.05) is 6.92 Å². The SMILES string of the molecule is CCc1nc2cccnc2n1CCN. The highest BCUT2D eigenvalue weighted by Gasteiger charge is 2.08. The van der Waals surface area contributed by atoms with Crippen molar-refractivity contribution in [3.8, 4) is 0 Å². The molecule has 0 saturated heterocycles. The summed E-state index contributed by atoms with van der Waals surface area (Å²) in [6.45, 7) is 3.50. The van der Waals surface area contributed by atoms with Gasteiger partial charge in [0.15, 0.2) is 5.65 Å². The molecule has 14 heavy (non-hydrogen) atoms. The summed E-state index contributed by atoms with van der Waals surface area (Å²) in [6.07, 6.45) is 2.70.